The number of hydrogen-bond acceptors (Lipinski definition) is 3. The highest BCUT2D eigenvalue weighted by molar-refractivity contribution is 5.85. The van der Waals surface area contributed by atoms with Crippen LogP contribution in [0, 0.1) is 0 Å². The number of allylic oxidation sites excluding steroid dienone is 1. The zero-order valence-corrected chi connectivity index (χ0v) is 21.5. The van der Waals surface area contributed by atoms with E-state index in [-0.39, 0.29) is 16.5 Å². The van der Waals surface area contributed by atoms with Gasteiger partial charge in [0.15, 0.2) is 0 Å². The number of aliphatic hydroxyl groups excluding tert-OH is 1. The molecule has 0 aromatic heterocycles. The monoisotopic (exact) mass is 455 g/mol. The molecular weight excluding hydrogens is 404 g/mol. The number of unbranched alkanes of at least 4 members (excludes halogenated alkanes) is 8. The first-order chi connectivity index (χ1) is 15.1. The molecule has 6 nitrogen and oxygen atoms in total. The number of carboxylic acid groups (broad SMARTS) is 1. The van der Waals surface area contributed by atoms with E-state index in [9.17, 15) is 19.8 Å². The third kappa shape index (κ3) is 12.6. The minimum atomic E-state index is -1.28. The predicted octanol–water partition coefficient (Wildman–Crippen LogP) is 5.40. The lowest BCUT2D eigenvalue weighted by molar-refractivity contribution is -0.917. The van der Waals surface area contributed by atoms with Crippen molar-refractivity contribution in [1.29, 1.82) is 0 Å². The Hall–Kier alpha value is -1.40. The van der Waals surface area contributed by atoms with Crippen molar-refractivity contribution in [3.8, 4) is 0 Å². The van der Waals surface area contributed by atoms with Gasteiger partial charge >= 0.3 is 5.97 Å². The number of nitrogens with one attached hydrogen (secondary N) is 1. The Kier molecular flexibility index (Phi) is 16.4. The molecule has 0 saturated heterocycles. The van der Waals surface area contributed by atoms with Crippen molar-refractivity contribution < 1.29 is 24.3 Å². The molecule has 2 atom stereocenters. The average Bonchev–Trinajstić information content (AvgIpc) is 2.71. The van der Waals surface area contributed by atoms with Gasteiger partial charge in [0.1, 0.15) is 0 Å². The molecule has 1 unspecified atom stereocenters. The SMILES string of the molecule is CCCCCC[C@@H](O)CC=CCCCCCCCC(=O)NC(CCC)(C(=O)O)[N+](C)(C)C. The molecule has 0 aromatic carbocycles. The molecule has 0 bridgehead atoms. The van der Waals surface area contributed by atoms with Crippen LogP contribution < -0.4 is 5.32 Å². The van der Waals surface area contributed by atoms with Crippen molar-refractivity contribution in [2.24, 2.45) is 0 Å². The average molecular weight is 456 g/mol. The minimum absolute atomic E-state index is 0.158. The molecule has 0 fully saturated rings. The van der Waals surface area contributed by atoms with Crippen molar-refractivity contribution in [1.82, 2.24) is 5.32 Å². The molecule has 0 heterocycles. The minimum Gasteiger partial charge on any atom is -0.475 e. The molecule has 32 heavy (non-hydrogen) atoms. The first-order valence-electron chi connectivity index (χ1n) is 12.8. The molecule has 3 N–H and O–H groups in total. The molecule has 0 rings (SSSR count). The van der Waals surface area contributed by atoms with E-state index < -0.39 is 11.6 Å². The van der Waals surface area contributed by atoms with Crippen LogP contribution in [0.5, 0.6) is 0 Å². The summed E-state index contributed by atoms with van der Waals surface area (Å²) in [5, 5.41) is 22.6. The topological polar surface area (TPSA) is 86.6 Å². The fourth-order valence-electron chi connectivity index (χ4n) is 4.04. The number of amides is 1. The van der Waals surface area contributed by atoms with E-state index in [0.717, 1.165) is 57.8 Å². The van der Waals surface area contributed by atoms with Gasteiger partial charge in [0, 0.05) is 12.8 Å². The first-order valence-corrected chi connectivity index (χ1v) is 12.8. The van der Waals surface area contributed by atoms with Crippen LogP contribution in [0.3, 0.4) is 0 Å². The Balaban J connectivity index is 3.98. The highest BCUT2D eigenvalue weighted by Crippen LogP contribution is 2.23. The largest absolute Gasteiger partial charge is 0.475 e. The van der Waals surface area contributed by atoms with E-state index in [2.05, 4.69) is 24.4 Å². The third-order valence-electron chi connectivity index (χ3n) is 6.20. The Bertz CT molecular complexity index is 542. The first kappa shape index (κ1) is 30.6. The summed E-state index contributed by atoms with van der Waals surface area (Å²) in [5.41, 5.74) is -1.28. The van der Waals surface area contributed by atoms with E-state index >= 15 is 0 Å². The molecule has 0 aliphatic rings. The van der Waals surface area contributed by atoms with Gasteiger partial charge < -0.3 is 10.2 Å². The lowest BCUT2D eigenvalue weighted by Gasteiger charge is -2.43. The van der Waals surface area contributed by atoms with Crippen molar-refractivity contribution in [2.75, 3.05) is 21.1 Å². The van der Waals surface area contributed by atoms with Crippen LogP contribution in [0.1, 0.15) is 110 Å². The molecule has 0 saturated carbocycles. The van der Waals surface area contributed by atoms with Crippen molar-refractivity contribution in [3.63, 3.8) is 0 Å². The summed E-state index contributed by atoms with van der Waals surface area (Å²) in [5.74, 6) is -1.15. The summed E-state index contributed by atoms with van der Waals surface area (Å²) < 4.78 is 0.158. The molecule has 0 aliphatic carbocycles. The maximum atomic E-state index is 12.4. The number of carbonyl (C=O) groups excluding carboxylic acids is 1. The van der Waals surface area contributed by atoms with Gasteiger partial charge in [-0.15, -0.1) is 0 Å². The smallest absolute Gasteiger partial charge is 0.388 e. The molecule has 1 amide bonds. The van der Waals surface area contributed by atoms with Gasteiger partial charge in [-0.05, 0) is 38.5 Å². The Morgan fingerprint density at radius 3 is 2.12 bits per heavy atom. The predicted molar refractivity (Wildman–Crippen MR) is 132 cm³/mol. The fourth-order valence-corrected chi connectivity index (χ4v) is 4.04. The Labute approximate surface area is 197 Å². The molecule has 0 spiro atoms. The van der Waals surface area contributed by atoms with Crippen LogP contribution in [0.25, 0.3) is 0 Å². The quantitative estimate of drug-likeness (QED) is 0.0993. The Morgan fingerprint density at radius 1 is 0.906 bits per heavy atom. The number of hydrogen-bond donors (Lipinski definition) is 3. The van der Waals surface area contributed by atoms with E-state index in [0.29, 0.717) is 19.3 Å². The molecule has 0 radical (unpaired) electrons. The number of nitrogens with zero attached hydrogens (tertiary/aromatic N) is 1. The molecule has 6 heteroatoms. The molecule has 0 aliphatic heterocycles. The molecule has 0 aromatic rings. The standard InChI is InChI=1S/C26H50N2O4/c1-6-8-9-16-19-23(29)20-17-14-12-10-11-13-15-18-21-24(30)27-26(22-7-2,25(31)32)28(3,4)5/h14,17,23,29H,6-13,15-16,18-22H2,1-5H3,(H-,27,30,31,32)/p+1/t23-,26?/m1/s1. The summed E-state index contributed by atoms with van der Waals surface area (Å²) >= 11 is 0. The van der Waals surface area contributed by atoms with E-state index in [1.54, 1.807) is 0 Å². The maximum Gasteiger partial charge on any atom is 0.388 e. The second kappa shape index (κ2) is 17.1. The van der Waals surface area contributed by atoms with Crippen molar-refractivity contribution >= 4 is 11.9 Å². The van der Waals surface area contributed by atoms with Crippen LogP contribution in [0.4, 0.5) is 0 Å². The van der Waals surface area contributed by atoms with Gasteiger partial charge in [0.05, 0.1) is 27.2 Å². The summed E-state index contributed by atoms with van der Waals surface area (Å²) in [4.78, 5) is 24.4. The Morgan fingerprint density at radius 2 is 1.53 bits per heavy atom. The van der Waals surface area contributed by atoms with Gasteiger partial charge in [-0.3, -0.25) is 14.6 Å². The normalized spacial score (nSPS) is 14.9. The molecular formula is C26H51N2O4+. The highest BCUT2D eigenvalue weighted by atomic mass is 16.4. The van der Waals surface area contributed by atoms with Crippen LogP contribution in [0.15, 0.2) is 12.2 Å². The third-order valence-corrected chi connectivity index (χ3v) is 6.20. The number of rotatable bonds is 20. The number of aliphatic carboxylic acids is 1. The van der Waals surface area contributed by atoms with E-state index in [1.807, 2.05) is 28.1 Å². The van der Waals surface area contributed by atoms with Gasteiger partial charge in [0.2, 0.25) is 5.91 Å². The fraction of sp³-hybridized carbons (Fsp3) is 0.846. The van der Waals surface area contributed by atoms with Crippen LogP contribution in [-0.4, -0.2) is 59.5 Å². The van der Waals surface area contributed by atoms with Gasteiger partial charge in [-0.25, -0.2) is 4.79 Å². The number of likely N-dealkylation sites (N-methyl/N-ethyl adjacent to an activating group) is 1. The summed E-state index contributed by atoms with van der Waals surface area (Å²) in [7, 11) is 5.44. The van der Waals surface area contributed by atoms with Crippen LogP contribution in [0.2, 0.25) is 0 Å². The zero-order valence-electron chi connectivity index (χ0n) is 21.5. The summed E-state index contributed by atoms with van der Waals surface area (Å²) in [6, 6.07) is 0. The van der Waals surface area contributed by atoms with E-state index in [1.165, 1.54) is 19.3 Å². The van der Waals surface area contributed by atoms with Crippen LogP contribution in [-0.2, 0) is 9.59 Å². The van der Waals surface area contributed by atoms with Gasteiger partial charge in [-0.2, -0.15) is 0 Å². The summed E-state index contributed by atoms with van der Waals surface area (Å²) in [6.07, 6.45) is 18.1. The van der Waals surface area contributed by atoms with Gasteiger partial charge in [0.25, 0.3) is 5.66 Å². The summed E-state index contributed by atoms with van der Waals surface area (Å²) in [6.45, 7) is 4.13. The number of carbonyl (C=O) groups is 2. The number of aliphatic hydroxyl groups is 1. The zero-order chi connectivity index (χ0) is 24.5. The number of quaternary nitrogens is 1. The van der Waals surface area contributed by atoms with Crippen molar-refractivity contribution in [2.45, 2.75) is 122 Å². The van der Waals surface area contributed by atoms with Crippen molar-refractivity contribution in [3.05, 3.63) is 12.2 Å². The highest BCUT2D eigenvalue weighted by Gasteiger charge is 2.51. The maximum absolute atomic E-state index is 12.4. The van der Waals surface area contributed by atoms with Gasteiger partial charge in [-0.1, -0.05) is 70.9 Å². The van der Waals surface area contributed by atoms with Crippen LogP contribution >= 0.6 is 0 Å². The molecule has 188 valence electrons. The number of carboxylic acids is 1. The lowest BCUT2D eigenvalue weighted by Crippen LogP contribution is -2.71. The lowest BCUT2D eigenvalue weighted by atomic mass is 9.99. The second-order valence-corrected chi connectivity index (χ2v) is 9.99. The van der Waals surface area contributed by atoms with E-state index in [4.69, 9.17) is 0 Å². The second-order valence-electron chi connectivity index (χ2n) is 9.99.